The molecule has 0 saturated heterocycles. The Balaban J connectivity index is 2.94. The monoisotopic (exact) mass is 238 g/mol. The van der Waals surface area contributed by atoms with Crippen LogP contribution in [0.4, 0.5) is 0 Å². The second-order valence-corrected chi connectivity index (χ2v) is 4.06. The minimum absolute atomic E-state index is 0.340. The second-order valence-electron chi connectivity index (χ2n) is 4.06. The van der Waals surface area contributed by atoms with Crippen molar-refractivity contribution in [2.75, 3.05) is 0 Å². The number of carboxylic acids is 1. The van der Waals surface area contributed by atoms with Crippen molar-refractivity contribution in [1.82, 2.24) is 9.88 Å². The number of amides is 1. The molecule has 5 nitrogen and oxygen atoms in total. The lowest BCUT2D eigenvalue weighted by molar-refractivity contribution is -0.138. The summed E-state index contributed by atoms with van der Waals surface area (Å²) in [7, 11) is 0. The first-order chi connectivity index (χ1) is 7.88. The van der Waals surface area contributed by atoms with Gasteiger partial charge >= 0.3 is 5.97 Å². The molecule has 1 amide bonds. The molecule has 17 heavy (non-hydrogen) atoms. The van der Waals surface area contributed by atoms with E-state index in [1.165, 1.54) is 6.92 Å². The number of aromatic nitrogens is 1. The quantitative estimate of drug-likeness (QED) is 0.831. The Hall–Kier alpha value is -1.78. The van der Waals surface area contributed by atoms with Crippen molar-refractivity contribution >= 4 is 11.9 Å². The van der Waals surface area contributed by atoms with E-state index in [0.717, 1.165) is 17.9 Å². The van der Waals surface area contributed by atoms with Gasteiger partial charge in [-0.3, -0.25) is 9.59 Å². The molecule has 0 fully saturated rings. The number of aryl methyl sites for hydroxylation is 1. The van der Waals surface area contributed by atoms with Gasteiger partial charge in [-0.15, -0.1) is 0 Å². The molecule has 1 rings (SSSR count). The van der Waals surface area contributed by atoms with Gasteiger partial charge in [0.1, 0.15) is 6.04 Å². The fourth-order valence-electron chi connectivity index (χ4n) is 1.85. The zero-order chi connectivity index (χ0) is 13.2. The molecule has 0 bridgehead atoms. The summed E-state index contributed by atoms with van der Waals surface area (Å²) in [5, 5.41) is 11.2. The number of carbonyl (C=O) groups is 2. The van der Waals surface area contributed by atoms with Crippen molar-refractivity contribution in [3.63, 3.8) is 0 Å². The summed E-state index contributed by atoms with van der Waals surface area (Å²) >= 11 is 0. The molecule has 1 atom stereocenters. The van der Waals surface area contributed by atoms with Gasteiger partial charge in [0.15, 0.2) is 0 Å². The van der Waals surface area contributed by atoms with Crippen molar-refractivity contribution < 1.29 is 14.7 Å². The standard InChI is InChI=1S/C12H18N2O3/c1-5-14-7(2)6-10(9(14)4)11(15)13-8(3)12(16)17/h6,8H,5H2,1-4H3,(H,13,15)(H,16,17). The number of carboxylic acid groups (broad SMARTS) is 1. The van der Waals surface area contributed by atoms with Crippen molar-refractivity contribution in [2.24, 2.45) is 0 Å². The van der Waals surface area contributed by atoms with Crippen LogP contribution in [0.5, 0.6) is 0 Å². The van der Waals surface area contributed by atoms with Crippen LogP contribution in [0.1, 0.15) is 35.6 Å². The molecule has 0 aliphatic carbocycles. The average molecular weight is 238 g/mol. The maximum absolute atomic E-state index is 11.9. The molecule has 1 aromatic heterocycles. The van der Waals surface area contributed by atoms with Crippen LogP contribution >= 0.6 is 0 Å². The zero-order valence-electron chi connectivity index (χ0n) is 10.6. The van der Waals surface area contributed by atoms with E-state index in [2.05, 4.69) is 5.32 Å². The van der Waals surface area contributed by atoms with Gasteiger partial charge in [-0.2, -0.15) is 0 Å². The molecule has 0 radical (unpaired) electrons. The molecule has 5 heteroatoms. The first-order valence-corrected chi connectivity index (χ1v) is 5.58. The van der Waals surface area contributed by atoms with Crippen molar-refractivity contribution in [2.45, 2.75) is 40.3 Å². The topological polar surface area (TPSA) is 71.3 Å². The van der Waals surface area contributed by atoms with E-state index in [4.69, 9.17) is 5.11 Å². The molecule has 2 N–H and O–H groups in total. The predicted molar refractivity (Wildman–Crippen MR) is 64.1 cm³/mol. The van der Waals surface area contributed by atoms with Crippen molar-refractivity contribution in [3.8, 4) is 0 Å². The van der Waals surface area contributed by atoms with Crippen LogP contribution in [0.15, 0.2) is 6.07 Å². The van der Waals surface area contributed by atoms with Crippen LogP contribution in [0.2, 0.25) is 0 Å². The molecule has 94 valence electrons. The van der Waals surface area contributed by atoms with E-state index in [1.807, 2.05) is 25.3 Å². The smallest absolute Gasteiger partial charge is 0.325 e. The second kappa shape index (κ2) is 5.03. The summed E-state index contributed by atoms with van der Waals surface area (Å²) in [6.07, 6.45) is 0. The number of rotatable bonds is 4. The lowest BCUT2D eigenvalue weighted by atomic mass is 10.2. The van der Waals surface area contributed by atoms with Crippen molar-refractivity contribution in [3.05, 3.63) is 23.0 Å². The van der Waals surface area contributed by atoms with Crippen LogP contribution in [0.3, 0.4) is 0 Å². The highest BCUT2D eigenvalue weighted by molar-refractivity contribution is 5.97. The van der Waals surface area contributed by atoms with E-state index in [1.54, 1.807) is 6.07 Å². The highest BCUT2D eigenvalue weighted by Gasteiger charge is 2.19. The minimum atomic E-state index is -1.04. The zero-order valence-corrected chi connectivity index (χ0v) is 10.6. The van der Waals surface area contributed by atoms with E-state index in [0.29, 0.717) is 5.56 Å². The molecule has 0 spiro atoms. The van der Waals surface area contributed by atoms with Gasteiger partial charge in [-0.25, -0.2) is 0 Å². The van der Waals surface area contributed by atoms with E-state index < -0.39 is 12.0 Å². The number of nitrogens with one attached hydrogen (secondary N) is 1. The van der Waals surface area contributed by atoms with Gasteiger partial charge < -0.3 is 15.0 Å². The predicted octanol–water partition coefficient (Wildman–Crippen LogP) is 1.33. The lowest BCUT2D eigenvalue weighted by Gasteiger charge is -2.09. The van der Waals surface area contributed by atoms with E-state index >= 15 is 0 Å². The first-order valence-electron chi connectivity index (χ1n) is 5.58. The van der Waals surface area contributed by atoms with Crippen LogP contribution in [-0.2, 0) is 11.3 Å². The summed E-state index contributed by atoms with van der Waals surface area (Å²) < 4.78 is 2.01. The Kier molecular flexibility index (Phi) is 3.93. The minimum Gasteiger partial charge on any atom is -0.480 e. The van der Waals surface area contributed by atoms with Crippen LogP contribution in [0.25, 0.3) is 0 Å². The molecule has 0 saturated carbocycles. The summed E-state index contributed by atoms with van der Waals surface area (Å²) in [6.45, 7) is 8.02. The summed E-state index contributed by atoms with van der Waals surface area (Å²) in [6, 6.07) is 0.898. The van der Waals surface area contributed by atoms with Crippen LogP contribution < -0.4 is 5.32 Å². The Morgan fingerprint density at radius 2 is 2.06 bits per heavy atom. The molecule has 0 aliphatic heterocycles. The molecule has 0 aliphatic rings. The largest absolute Gasteiger partial charge is 0.480 e. The fourth-order valence-corrected chi connectivity index (χ4v) is 1.85. The first kappa shape index (κ1) is 13.3. The maximum Gasteiger partial charge on any atom is 0.325 e. The third-order valence-electron chi connectivity index (χ3n) is 2.85. The molecule has 1 heterocycles. The van der Waals surface area contributed by atoms with Crippen molar-refractivity contribution in [1.29, 1.82) is 0 Å². The molecular formula is C12H18N2O3. The van der Waals surface area contributed by atoms with Gasteiger partial charge in [0.05, 0.1) is 5.56 Å². The highest BCUT2D eigenvalue weighted by atomic mass is 16.4. The van der Waals surface area contributed by atoms with Crippen LogP contribution in [0, 0.1) is 13.8 Å². The van der Waals surface area contributed by atoms with Gasteiger partial charge in [0.2, 0.25) is 0 Å². The Labute approximate surface area is 100 Å². The Morgan fingerprint density at radius 1 is 1.47 bits per heavy atom. The number of hydrogen-bond donors (Lipinski definition) is 2. The third kappa shape index (κ3) is 2.67. The average Bonchev–Trinajstić information content (AvgIpc) is 2.53. The normalized spacial score (nSPS) is 12.2. The Morgan fingerprint density at radius 3 is 2.47 bits per heavy atom. The van der Waals surface area contributed by atoms with Gasteiger partial charge in [-0.05, 0) is 33.8 Å². The van der Waals surface area contributed by atoms with Gasteiger partial charge in [0.25, 0.3) is 5.91 Å². The number of hydrogen-bond acceptors (Lipinski definition) is 2. The number of nitrogens with zero attached hydrogens (tertiary/aromatic N) is 1. The summed E-state index contributed by atoms with van der Waals surface area (Å²) in [4.78, 5) is 22.5. The third-order valence-corrected chi connectivity index (χ3v) is 2.85. The molecule has 1 unspecified atom stereocenters. The molecular weight excluding hydrogens is 220 g/mol. The Bertz CT molecular complexity index is 449. The molecule has 1 aromatic rings. The lowest BCUT2D eigenvalue weighted by Crippen LogP contribution is -2.38. The summed E-state index contributed by atoms with van der Waals surface area (Å²) in [5.74, 6) is -1.38. The summed E-state index contributed by atoms with van der Waals surface area (Å²) in [5.41, 5.74) is 2.40. The number of carbonyl (C=O) groups excluding carboxylic acids is 1. The van der Waals surface area contributed by atoms with Gasteiger partial charge in [-0.1, -0.05) is 0 Å². The van der Waals surface area contributed by atoms with Gasteiger partial charge in [0, 0.05) is 17.9 Å². The molecule has 0 aromatic carbocycles. The highest BCUT2D eigenvalue weighted by Crippen LogP contribution is 2.14. The maximum atomic E-state index is 11.9. The fraction of sp³-hybridized carbons (Fsp3) is 0.500. The SMILES string of the molecule is CCn1c(C)cc(C(=O)NC(C)C(=O)O)c1C. The number of aliphatic carboxylic acids is 1. The van der Waals surface area contributed by atoms with Crippen LogP contribution in [-0.4, -0.2) is 27.6 Å². The van der Waals surface area contributed by atoms with E-state index in [-0.39, 0.29) is 5.91 Å². The van der Waals surface area contributed by atoms with E-state index in [9.17, 15) is 9.59 Å².